The molecule has 0 aliphatic heterocycles. The SMILES string of the molecule is c1ccc(Sc2ccc(CNCCCn3cccn3)o2)nc1. The molecular weight excluding hydrogens is 296 g/mol. The van der Waals surface area contributed by atoms with E-state index in [1.165, 1.54) is 11.8 Å². The smallest absolute Gasteiger partial charge is 0.166 e. The molecule has 114 valence electrons. The molecule has 0 spiro atoms. The van der Waals surface area contributed by atoms with Crippen molar-refractivity contribution in [2.45, 2.75) is 29.6 Å². The molecule has 0 fully saturated rings. The zero-order valence-corrected chi connectivity index (χ0v) is 13.0. The first-order chi connectivity index (χ1) is 10.9. The van der Waals surface area contributed by atoms with Crippen molar-refractivity contribution in [2.75, 3.05) is 6.54 Å². The standard InChI is InChI=1S/C16H18N4OS/c1-2-9-18-15(5-1)22-16-7-6-14(21-16)13-17-8-3-11-20-12-4-10-19-20/h1-2,4-7,9-10,12,17H,3,8,11,13H2. The number of hydrogen-bond donors (Lipinski definition) is 1. The first-order valence-corrected chi connectivity index (χ1v) is 8.07. The summed E-state index contributed by atoms with van der Waals surface area (Å²) < 4.78 is 7.72. The Kier molecular flexibility index (Phi) is 5.28. The van der Waals surface area contributed by atoms with Gasteiger partial charge < -0.3 is 9.73 Å². The maximum Gasteiger partial charge on any atom is 0.166 e. The van der Waals surface area contributed by atoms with E-state index in [-0.39, 0.29) is 0 Å². The monoisotopic (exact) mass is 314 g/mol. The number of rotatable bonds is 8. The number of hydrogen-bond acceptors (Lipinski definition) is 5. The molecule has 0 saturated heterocycles. The predicted molar refractivity (Wildman–Crippen MR) is 85.6 cm³/mol. The van der Waals surface area contributed by atoms with Crippen LogP contribution in [0.4, 0.5) is 0 Å². The van der Waals surface area contributed by atoms with E-state index in [0.29, 0.717) is 0 Å². The lowest BCUT2D eigenvalue weighted by Gasteiger charge is -2.03. The topological polar surface area (TPSA) is 55.9 Å². The van der Waals surface area contributed by atoms with Crippen molar-refractivity contribution in [1.29, 1.82) is 0 Å². The zero-order valence-electron chi connectivity index (χ0n) is 12.2. The van der Waals surface area contributed by atoms with Crippen LogP contribution in [0.3, 0.4) is 0 Å². The van der Waals surface area contributed by atoms with Gasteiger partial charge in [-0.15, -0.1) is 0 Å². The van der Waals surface area contributed by atoms with Crippen molar-refractivity contribution in [1.82, 2.24) is 20.1 Å². The molecule has 3 rings (SSSR count). The number of furan rings is 1. The van der Waals surface area contributed by atoms with Gasteiger partial charge in [-0.1, -0.05) is 6.07 Å². The lowest BCUT2D eigenvalue weighted by atomic mass is 10.4. The van der Waals surface area contributed by atoms with Gasteiger partial charge in [-0.25, -0.2) is 4.98 Å². The van der Waals surface area contributed by atoms with Gasteiger partial charge in [0.1, 0.15) is 10.8 Å². The van der Waals surface area contributed by atoms with Crippen LogP contribution in [-0.2, 0) is 13.1 Å². The van der Waals surface area contributed by atoms with Crippen molar-refractivity contribution in [3.05, 3.63) is 60.7 Å². The quantitative estimate of drug-likeness (QED) is 0.647. The Hall–Kier alpha value is -2.05. The van der Waals surface area contributed by atoms with Crippen molar-refractivity contribution < 1.29 is 4.42 Å². The Bertz CT molecular complexity index is 667. The number of nitrogens with one attached hydrogen (secondary N) is 1. The second-order valence-corrected chi connectivity index (χ2v) is 5.82. The molecule has 0 unspecified atom stereocenters. The van der Waals surface area contributed by atoms with Gasteiger partial charge >= 0.3 is 0 Å². The van der Waals surface area contributed by atoms with E-state index in [4.69, 9.17) is 4.42 Å². The summed E-state index contributed by atoms with van der Waals surface area (Å²) in [5.41, 5.74) is 0. The molecule has 6 heteroatoms. The molecule has 1 N–H and O–H groups in total. The minimum absolute atomic E-state index is 0.738. The van der Waals surface area contributed by atoms with Gasteiger partial charge in [-0.05, 0) is 55.1 Å². The number of pyridine rings is 1. The van der Waals surface area contributed by atoms with Gasteiger partial charge in [0.25, 0.3) is 0 Å². The predicted octanol–water partition coefficient (Wildman–Crippen LogP) is 3.20. The van der Waals surface area contributed by atoms with Crippen molar-refractivity contribution in [3.8, 4) is 0 Å². The Morgan fingerprint density at radius 1 is 1.14 bits per heavy atom. The molecule has 3 aromatic heterocycles. The lowest BCUT2D eigenvalue weighted by molar-refractivity contribution is 0.413. The second kappa shape index (κ2) is 7.82. The molecule has 0 aromatic carbocycles. The molecule has 5 nitrogen and oxygen atoms in total. The molecular formula is C16H18N4OS. The van der Waals surface area contributed by atoms with Crippen molar-refractivity contribution in [3.63, 3.8) is 0 Å². The Balaban J connectivity index is 1.38. The van der Waals surface area contributed by atoms with Crippen LogP contribution in [-0.4, -0.2) is 21.3 Å². The molecule has 3 heterocycles. The third-order valence-corrected chi connectivity index (χ3v) is 3.95. The molecule has 0 bridgehead atoms. The number of nitrogens with zero attached hydrogens (tertiary/aromatic N) is 3. The summed E-state index contributed by atoms with van der Waals surface area (Å²) in [6.07, 6.45) is 6.61. The van der Waals surface area contributed by atoms with E-state index < -0.39 is 0 Å². The van der Waals surface area contributed by atoms with Crippen molar-refractivity contribution >= 4 is 11.8 Å². The first-order valence-electron chi connectivity index (χ1n) is 7.26. The summed E-state index contributed by atoms with van der Waals surface area (Å²) in [6.45, 7) is 2.60. The lowest BCUT2D eigenvalue weighted by Crippen LogP contribution is -2.16. The van der Waals surface area contributed by atoms with E-state index >= 15 is 0 Å². The van der Waals surface area contributed by atoms with Gasteiger partial charge in [0.05, 0.1) is 6.54 Å². The number of aromatic nitrogens is 3. The molecule has 0 aliphatic carbocycles. The molecule has 0 aliphatic rings. The highest BCUT2D eigenvalue weighted by Crippen LogP contribution is 2.27. The maximum absolute atomic E-state index is 5.78. The third-order valence-electron chi connectivity index (χ3n) is 3.08. The summed E-state index contributed by atoms with van der Waals surface area (Å²) in [7, 11) is 0. The van der Waals surface area contributed by atoms with Crippen LogP contribution < -0.4 is 5.32 Å². The second-order valence-electron chi connectivity index (χ2n) is 4.79. The molecule has 0 radical (unpaired) electrons. The van der Waals surface area contributed by atoms with Crippen LogP contribution in [0, 0.1) is 0 Å². The summed E-state index contributed by atoms with van der Waals surface area (Å²) in [5.74, 6) is 0.942. The Labute approximate surface area is 133 Å². The third kappa shape index (κ3) is 4.47. The van der Waals surface area contributed by atoms with E-state index in [1.807, 2.05) is 47.3 Å². The van der Waals surface area contributed by atoms with Gasteiger partial charge in [0.2, 0.25) is 0 Å². The van der Waals surface area contributed by atoms with Crippen LogP contribution in [0.5, 0.6) is 0 Å². The maximum atomic E-state index is 5.78. The molecule has 22 heavy (non-hydrogen) atoms. The van der Waals surface area contributed by atoms with Crippen LogP contribution in [0.15, 0.2) is 69.5 Å². The molecule has 0 amide bonds. The minimum Gasteiger partial charge on any atom is -0.453 e. The van der Waals surface area contributed by atoms with Crippen LogP contribution >= 0.6 is 11.8 Å². The van der Waals surface area contributed by atoms with Gasteiger partial charge in [0, 0.05) is 25.1 Å². The largest absolute Gasteiger partial charge is 0.453 e. The fourth-order valence-corrected chi connectivity index (χ4v) is 2.78. The van der Waals surface area contributed by atoms with Gasteiger partial charge in [-0.3, -0.25) is 4.68 Å². The summed E-state index contributed by atoms with van der Waals surface area (Å²) in [6, 6.07) is 11.8. The van der Waals surface area contributed by atoms with Crippen LogP contribution in [0.25, 0.3) is 0 Å². The highest BCUT2D eigenvalue weighted by molar-refractivity contribution is 7.99. The summed E-state index contributed by atoms with van der Waals surface area (Å²) in [4.78, 5) is 4.27. The highest BCUT2D eigenvalue weighted by Gasteiger charge is 2.04. The van der Waals surface area contributed by atoms with Crippen LogP contribution in [0.1, 0.15) is 12.2 Å². The normalized spacial score (nSPS) is 10.9. The minimum atomic E-state index is 0.738. The Morgan fingerprint density at radius 3 is 2.95 bits per heavy atom. The van der Waals surface area contributed by atoms with E-state index in [1.54, 1.807) is 12.4 Å². The fourth-order valence-electron chi connectivity index (χ4n) is 2.03. The number of aryl methyl sites for hydroxylation is 1. The summed E-state index contributed by atoms with van der Waals surface area (Å²) in [5, 5.41) is 9.37. The van der Waals surface area contributed by atoms with E-state index in [9.17, 15) is 0 Å². The van der Waals surface area contributed by atoms with E-state index in [2.05, 4.69) is 15.4 Å². The average Bonchev–Trinajstić information content (AvgIpc) is 3.20. The first kappa shape index (κ1) is 14.9. The molecule has 0 atom stereocenters. The van der Waals surface area contributed by atoms with E-state index in [0.717, 1.165) is 41.9 Å². The van der Waals surface area contributed by atoms with Crippen LogP contribution in [0.2, 0.25) is 0 Å². The molecule has 3 aromatic rings. The highest BCUT2D eigenvalue weighted by atomic mass is 32.2. The molecule has 0 saturated carbocycles. The Morgan fingerprint density at radius 2 is 2.14 bits per heavy atom. The summed E-state index contributed by atoms with van der Waals surface area (Å²) >= 11 is 1.53. The average molecular weight is 314 g/mol. The van der Waals surface area contributed by atoms with Crippen molar-refractivity contribution in [2.24, 2.45) is 0 Å². The fraction of sp³-hybridized carbons (Fsp3) is 0.250. The van der Waals surface area contributed by atoms with Gasteiger partial charge in [0.15, 0.2) is 5.09 Å². The van der Waals surface area contributed by atoms with Gasteiger partial charge in [-0.2, -0.15) is 5.10 Å². The zero-order chi connectivity index (χ0) is 15.0.